The van der Waals surface area contributed by atoms with Crippen molar-refractivity contribution in [1.29, 1.82) is 0 Å². The van der Waals surface area contributed by atoms with E-state index in [2.05, 4.69) is 10.3 Å². The molecule has 1 aromatic carbocycles. The smallest absolute Gasteiger partial charge is 0.328 e. The molecule has 1 saturated heterocycles. The first kappa shape index (κ1) is 13.4. The van der Waals surface area contributed by atoms with Crippen molar-refractivity contribution in [2.24, 2.45) is 0 Å². The molecule has 1 aliphatic rings. The molecule has 6 heteroatoms. The van der Waals surface area contributed by atoms with E-state index in [1.807, 2.05) is 0 Å². The summed E-state index contributed by atoms with van der Waals surface area (Å²) in [6.45, 7) is 1.89. The van der Waals surface area contributed by atoms with Gasteiger partial charge in [0.2, 0.25) is 0 Å². The lowest BCUT2D eigenvalue weighted by Gasteiger charge is -2.11. The van der Waals surface area contributed by atoms with Gasteiger partial charge in [-0.3, -0.25) is 9.59 Å². The van der Waals surface area contributed by atoms with E-state index in [0.29, 0.717) is 29.5 Å². The van der Waals surface area contributed by atoms with Crippen molar-refractivity contribution in [1.82, 2.24) is 10.3 Å². The average molecular weight is 286 g/mol. The summed E-state index contributed by atoms with van der Waals surface area (Å²) in [5.41, 5.74) is 0.909. The molecule has 1 amide bonds. The molecule has 6 nitrogen and oxygen atoms in total. The summed E-state index contributed by atoms with van der Waals surface area (Å²) >= 11 is 0. The van der Waals surface area contributed by atoms with E-state index in [9.17, 15) is 14.4 Å². The van der Waals surface area contributed by atoms with Gasteiger partial charge in [0.15, 0.2) is 5.43 Å². The summed E-state index contributed by atoms with van der Waals surface area (Å²) in [6, 6.07) is 6.34. The number of cyclic esters (lactones) is 1. The second-order valence-corrected chi connectivity index (χ2v) is 4.98. The summed E-state index contributed by atoms with van der Waals surface area (Å²) in [7, 11) is 0. The van der Waals surface area contributed by atoms with Gasteiger partial charge in [-0.05, 0) is 19.1 Å². The van der Waals surface area contributed by atoms with Crippen LogP contribution in [-0.2, 0) is 9.53 Å². The molecule has 1 aliphatic heterocycles. The van der Waals surface area contributed by atoms with E-state index in [0.717, 1.165) is 0 Å². The molecule has 0 bridgehead atoms. The standard InChI is InChI=1S/C15H14N2O4/c1-8-12(14(19)17-11-6-7-21-15(11)20)16-10-5-3-2-4-9(10)13(8)18/h2-5,11H,6-7H2,1H3,(H,16,18)(H,17,19). The molecule has 1 atom stereocenters. The number of esters is 1. The van der Waals surface area contributed by atoms with Crippen LogP contribution in [0.25, 0.3) is 10.9 Å². The zero-order valence-electron chi connectivity index (χ0n) is 11.4. The van der Waals surface area contributed by atoms with Crippen LogP contribution in [0.1, 0.15) is 22.5 Å². The fourth-order valence-electron chi connectivity index (χ4n) is 2.42. The van der Waals surface area contributed by atoms with E-state index in [1.165, 1.54) is 0 Å². The Bertz CT molecular complexity index is 794. The first-order chi connectivity index (χ1) is 10.1. The van der Waals surface area contributed by atoms with Crippen LogP contribution in [0.5, 0.6) is 0 Å². The van der Waals surface area contributed by atoms with Crippen molar-refractivity contribution in [2.75, 3.05) is 6.61 Å². The lowest BCUT2D eigenvalue weighted by molar-refractivity contribution is -0.139. The number of nitrogens with one attached hydrogen (secondary N) is 2. The van der Waals surface area contributed by atoms with Crippen molar-refractivity contribution in [2.45, 2.75) is 19.4 Å². The van der Waals surface area contributed by atoms with E-state index in [1.54, 1.807) is 31.2 Å². The largest absolute Gasteiger partial charge is 0.464 e. The molecule has 3 rings (SSSR count). The van der Waals surface area contributed by atoms with E-state index in [-0.39, 0.29) is 11.1 Å². The summed E-state index contributed by atoms with van der Waals surface area (Å²) in [5, 5.41) is 3.13. The van der Waals surface area contributed by atoms with Crippen molar-refractivity contribution >= 4 is 22.8 Å². The first-order valence-electron chi connectivity index (χ1n) is 6.67. The maximum Gasteiger partial charge on any atom is 0.328 e. The molecule has 108 valence electrons. The minimum atomic E-state index is -0.646. The first-order valence-corrected chi connectivity index (χ1v) is 6.67. The highest BCUT2D eigenvalue weighted by Crippen LogP contribution is 2.12. The van der Waals surface area contributed by atoms with Crippen LogP contribution in [0.3, 0.4) is 0 Å². The molecular formula is C15H14N2O4. The Morgan fingerprint density at radius 2 is 2.10 bits per heavy atom. The van der Waals surface area contributed by atoms with Crippen molar-refractivity contribution in [3.05, 3.63) is 45.7 Å². The highest BCUT2D eigenvalue weighted by Gasteiger charge is 2.29. The third-order valence-corrected chi connectivity index (χ3v) is 3.61. The quantitative estimate of drug-likeness (QED) is 0.802. The van der Waals surface area contributed by atoms with Crippen molar-refractivity contribution < 1.29 is 14.3 Å². The summed E-state index contributed by atoms with van der Waals surface area (Å²) in [5.74, 6) is -0.914. The van der Waals surface area contributed by atoms with Crippen molar-refractivity contribution in [3.8, 4) is 0 Å². The van der Waals surface area contributed by atoms with Gasteiger partial charge in [0.25, 0.3) is 5.91 Å². The summed E-state index contributed by atoms with van der Waals surface area (Å²) < 4.78 is 4.80. The Morgan fingerprint density at radius 3 is 2.81 bits per heavy atom. The van der Waals surface area contributed by atoms with Crippen LogP contribution in [-0.4, -0.2) is 29.5 Å². The van der Waals surface area contributed by atoms with Gasteiger partial charge in [0.1, 0.15) is 11.7 Å². The summed E-state index contributed by atoms with van der Waals surface area (Å²) in [6.07, 6.45) is 0.446. The molecule has 0 spiro atoms. The van der Waals surface area contributed by atoms with Gasteiger partial charge in [-0.2, -0.15) is 0 Å². The van der Waals surface area contributed by atoms with Gasteiger partial charge in [-0.1, -0.05) is 12.1 Å². The fraction of sp³-hybridized carbons (Fsp3) is 0.267. The van der Waals surface area contributed by atoms with Crippen LogP contribution >= 0.6 is 0 Å². The lowest BCUT2D eigenvalue weighted by Crippen LogP contribution is -2.39. The van der Waals surface area contributed by atoms with Gasteiger partial charge in [0.05, 0.1) is 6.61 Å². The van der Waals surface area contributed by atoms with Gasteiger partial charge in [0, 0.05) is 22.9 Å². The topological polar surface area (TPSA) is 88.3 Å². The molecule has 0 radical (unpaired) electrons. The number of fused-ring (bicyclic) bond motifs is 1. The van der Waals surface area contributed by atoms with E-state index in [4.69, 9.17) is 4.74 Å². The zero-order valence-corrected chi connectivity index (χ0v) is 11.4. The second-order valence-electron chi connectivity index (χ2n) is 4.98. The number of ether oxygens (including phenoxy) is 1. The number of para-hydroxylation sites is 1. The van der Waals surface area contributed by atoms with Gasteiger partial charge in [-0.25, -0.2) is 4.79 Å². The molecule has 0 saturated carbocycles. The summed E-state index contributed by atoms with van der Waals surface area (Å²) in [4.78, 5) is 38.9. The van der Waals surface area contributed by atoms with Crippen LogP contribution in [0, 0.1) is 6.92 Å². The number of aromatic nitrogens is 1. The molecule has 0 aliphatic carbocycles. The molecule has 1 aromatic heterocycles. The Hall–Kier alpha value is -2.63. The Balaban J connectivity index is 2.00. The molecule has 21 heavy (non-hydrogen) atoms. The molecule has 1 fully saturated rings. The Kier molecular flexibility index (Phi) is 3.21. The molecule has 2 heterocycles. The number of pyridine rings is 1. The van der Waals surface area contributed by atoms with Gasteiger partial charge >= 0.3 is 5.97 Å². The second kappa shape index (κ2) is 5.05. The van der Waals surface area contributed by atoms with Crippen LogP contribution in [0.2, 0.25) is 0 Å². The van der Waals surface area contributed by atoms with Crippen LogP contribution < -0.4 is 10.7 Å². The normalized spacial score (nSPS) is 17.8. The highest BCUT2D eigenvalue weighted by atomic mass is 16.5. The number of H-pyrrole nitrogens is 1. The third-order valence-electron chi connectivity index (χ3n) is 3.61. The fourth-order valence-corrected chi connectivity index (χ4v) is 2.42. The lowest BCUT2D eigenvalue weighted by atomic mass is 10.1. The number of carbonyl (C=O) groups excluding carboxylic acids is 2. The molecule has 2 aromatic rings. The minimum absolute atomic E-state index is 0.179. The highest BCUT2D eigenvalue weighted by molar-refractivity contribution is 5.98. The average Bonchev–Trinajstić information content (AvgIpc) is 2.88. The molecule has 2 N–H and O–H groups in total. The number of hydrogen-bond donors (Lipinski definition) is 2. The number of aromatic amines is 1. The minimum Gasteiger partial charge on any atom is -0.464 e. The maximum atomic E-state index is 12.3. The van der Waals surface area contributed by atoms with Gasteiger partial charge in [-0.15, -0.1) is 0 Å². The zero-order chi connectivity index (χ0) is 15.0. The number of benzene rings is 1. The number of rotatable bonds is 2. The number of hydrogen-bond acceptors (Lipinski definition) is 4. The maximum absolute atomic E-state index is 12.3. The third kappa shape index (κ3) is 2.29. The monoisotopic (exact) mass is 286 g/mol. The molecular weight excluding hydrogens is 272 g/mol. The van der Waals surface area contributed by atoms with Gasteiger partial charge < -0.3 is 15.0 Å². The van der Waals surface area contributed by atoms with Crippen LogP contribution in [0.15, 0.2) is 29.1 Å². The Morgan fingerprint density at radius 1 is 1.33 bits per heavy atom. The molecule has 1 unspecified atom stereocenters. The van der Waals surface area contributed by atoms with E-state index >= 15 is 0 Å². The number of carbonyl (C=O) groups is 2. The van der Waals surface area contributed by atoms with Crippen molar-refractivity contribution in [3.63, 3.8) is 0 Å². The van der Waals surface area contributed by atoms with Crippen LogP contribution in [0.4, 0.5) is 0 Å². The SMILES string of the molecule is Cc1c(C(=O)NC2CCOC2=O)[nH]c2ccccc2c1=O. The van der Waals surface area contributed by atoms with E-state index < -0.39 is 17.9 Å². The predicted octanol–water partition coefficient (Wildman–Crippen LogP) is 0.882. The number of amides is 1. The Labute approximate surface area is 120 Å². The predicted molar refractivity (Wildman–Crippen MR) is 76.1 cm³/mol.